The van der Waals surface area contributed by atoms with Gasteiger partial charge in [-0.05, 0) is 61.6 Å². The van der Waals surface area contributed by atoms with Gasteiger partial charge in [0.05, 0.1) is 0 Å². The molecule has 0 aliphatic rings. The topological polar surface area (TPSA) is 49.0 Å². The summed E-state index contributed by atoms with van der Waals surface area (Å²) in [6, 6.07) is 8.23. The summed E-state index contributed by atoms with van der Waals surface area (Å²) in [6.45, 7) is 11.8. The minimum Gasteiger partial charge on any atom is -0.350 e. The molecule has 2 heterocycles. The Bertz CT molecular complexity index is 925. The van der Waals surface area contributed by atoms with Crippen LogP contribution < -0.4 is 0 Å². The molecule has 136 valence electrons. The normalized spacial score (nSPS) is 11.3. The highest BCUT2D eigenvalue weighted by atomic mass is 16.2. The van der Waals surface area contributed by atoms with Crippen LogP contribution in [-0.2, 0) is 6.54 Å². The second-order valence-electron chi connectivity index (χ2n) is 7.56. The van der Waals surface area contributed by atoms with Gasteiger partial charge < -0.3 is 9.88 Å². The van der Waals surface area contributed by atoms with E-state index < -0.39 is 0 Å². The molecule has 0 saturated carbocycles. The van der Waals surface area contributed by atoms with E-state index in [1.165, 1.54) is 11.1 Å². The van der Waals surface area contributed by atoms with E-state index in [0.29, 0.717) is 24.7 Å². The fourth-order valence-corrected chi connectivity index (χ4v) is 3.52. The van der Waals surface area contributed by atoms with Crippen molar-refractivity contribution < 1.29 is 4.79 Å². The number of aromatic nitrogens is 2. The Morgan fingerprint density at radius 2 is 1.85 bits per heavy atom. The molecule has 0 aliphatic heterocycles. The number of H-pyrrole nitrogens is 1. The van der Waals surface area contributed by atoms with E-state index in [9.17, 15) is 4.79 Å². The lowest BCUT2D eigenvalue weighted by molar-refractivity contribution is 0.0717. The summed E-state index contributed by atoms with van der Waals surface area (Å²) in [5, 5.41) is 1.14. The van der Waals surface area contributed by atoms with E-state index in [4.69, 9.17) is 0 Å². The Morgan fingerprint density at radius 3 is 2.50 bits per heavy atom. The van der Waals surface area contributed by atoms with Crippen molar-refractivity contribution in [3.63, 3.8) is 0 Å². The largest absolute Gasteiger partial charge is 0.350 e. The first-order valence-electron chi connectivity index (χ1n) is 9.14. The molecule has 0 spiro atoms. The summed E-state index contributed by atoms with van der Waals surface area (Å²) < 4.78 is 0. The van der Waals surface area contributed by atoms with Gasteiger partial charge in [-0.25, -0.2) is 0 Å². The number of nitrogens with zero attached hydrogens (tertiary/aromatic N) is 2. The van der Waals surface area contributed by atoms with Crippen LogP contribution in [-0.4, -0.2) is 27.3 Å². The molecule has 4 heteroatoms. The van der Waals surface area contributed by atoms with Crippen molar-refractivity contribution in [2.24, 2.45) is 5.92 Å². The van der Waals surface area contributed by atoms with Crippen LogP contribution >= 0.6 is 0 Å². The van der Waals surface area contributed by atoms with Gasteiger partial charge >= 0.3 is 0 Å². The SMILES string of the molecule is Cc1cc(C)c2[nH]c(C(=O)N(Cc3ccncc3)CC(C)C)c(C)c2c1. The van der Waals surface area contributed by atoms with Crippen LogP contribution in [0.25, 0.3) is 10.9 Å². The molecule has 1 aromatic carbocycles. The highest BCUT2D eigenvalue weighted by molar-refractivity contribution is 6.01. The van der Waals surface area contributed by atoms with Crippen molar-refractivity contribution in [3.05, 3.63) is 64.6 Å². The number of aromatic amines is 1. The quantitative estimate of drug-likeness (QED) is 0.720. The second-order valence-corrected chi connectivity index (χ2v) is 7.56. The van der Waals surface area contributed by atoms with E-state index in [0.717, 1.165) is 22.0 Å². The molecule has 0 atom stereocenters. The predicted molar refractivity (Wildman–Crippen MR) is 106 cm³/mol. The predicted octanol–water partition coefficient (Wildman–Crippen LogP) is 4.79. The number of aryl methyl sites for hydroxylation is 3. The summed E-state index contributed by atoms with van der Waals surface area (Å²) in [4.78, 5) is 22.7. The third-order valence-electron chi connectivity index (χ3n) is 4.72. The number of fused-ring (bicyclic) bond motifs is 1. The number of benzene rings is 1. The molecule has 0 radical (unpaired) electrons. The maximum absolute atomic E-state index is 13.4. The van der Waals surface area contributed by atoms with Gasteiger partial charge in [-0.3, -0.25) is 9.78 Å². The number of pyridine rings is 1. The highest BCUT2D eigenvalue weighted by Gasteiger charge is 2.22. The Labute approximate surface area is 155 Å². The third kappa shape index (κ3) is 3.64. The fourth-order valence-electron chi connectivity index (χ4n) is 3.52. The summed E-state index contributed by atoms with van der Waals surface area (Å²) >= 11 is 0. The number of hydrogen-bond donors (Lipinski definition) is 1. The van der Waals surface area contributed by atoms with Crippen molar-refractivity contribution in [1.29, 1.82) is 0 Å². The smallest absolute Gasteiger partial charge is 0.270 e. The van der Waals surface area contributed by atoms with Crippen LogP contribution in [0.1, 0.15) is 46.6 Å². The zero-order valence-electron chi connectivity index (χ0n) is 16.3. The van der Waals surface area contributed by atoms with Crippen molar-refractivity contribution in [1.82, 2.24) is 14.9 Å². The Kier molecular flexibility index (Phi) is 5.12. The summed E-state index contributed by atoms with van der Waals surface area (Å²) in [6.07, 6.45) is 3.54. The number of hydrogen-bond acceptors (Lipinski definition) is 2. The van der Waals surface area contributed by atoms with Crippen LogP contribution in [0.5, 0.6) is 0 Å². The molecule has 3 rings (SSSR count). The second kappa shape index (κ2) is 7.32. The monoisotopic (exact) mass is 349 g/mol. The number of rotatable bonds is 5. The molecular formula is C22H27N3O. The van der Waals surface area contributed by atoms with E-state index in [1.54, 1.807) is 12.4 Å². The average molecular weight is 349 g/mol. The van der Waals surface area contributed by atoms with Crippen LogP contribution in [0.15, 0.2) is 36.7 Å². The van der Waals surface area contributed by atoms with Crippen LogP contribution in [0.3, 0.4) is 0 Å². The molecule has 0 aliphatic carbocycles. The van der Waals surface area contributed by atoms with E-state index in [2.05, 4.69) is 49.8 Å². The molecule has 4 nitrogen and oxygen atoms in total. The summed E-state index contributed by atoms with van der Waals surface area (Å²) in [5.74, 6) is 0.454. The number of carbonyl (C=O) groups is 1. The van der Waals surface area contributed by atoms with Gasteiger partial charge in [0.2, 0.25) is 0 Å². The minimum atomic E-state index is 0.0567. The van der Waals surface area contributed by atoms with Crippen LogP contribution in [0.4, 0.5) is 0 Å². The van der Waals surface area contributed by atoms with Crippen molar-refractivity contribution >= 4 is 16.8 Å². The van der Waals surface area contributed by atoms with Crippen molar-refractivity contribution in [3.8, 4) is 0 Å². The van der Waals surface area contributed by atoms with Gasteiger partial charge in [-0.2, -0.15) is 0 Å². The summed E-state index contributed by atoms with van der Waals surface area (Å²) in [5.41, 5.74) is 6.27. The standard InChI is InChI=1S/C22H27N3O/c1-14(2)12-25(13-18-6-8-23-9-7-18)22(26)21-17(5)19-11-15(3)10-16(4)20(19)24-21/h6-11,14,24H,12-13H2,1-5H3. The van der Waals surface area contributed by atoms with Gasteiger partial charge in [0, 0.05) is 36.4 Å². The lowest BCUT2D eigenvalue weighted by Crippen LogP contribution is -2.34. The van der Waals surface area contributed by atoms with E-state index in [1.807, 2.05) is 24.0 Å². The van der Waals surface area contributed by atoms with Crippen LogP contribution in [0, 0.1) is 26.7 Å². The van der Waals surface area contributed by atoms with Gasteiger partial charge in [-0.15, -0.1) is 0 Å². The molecular weight excluding hydrogens is 322 g/mol. The zero-order valence-corrected chi connectivity index (χ0v) is 16.3. The van der Waals surface area contributed by atoms with Gasteiger partial charge in [-0.1, -0.05) is 25.5 Å². The molecule has 0 fully saturated rings. The Balaban J connectivity index is 1.99. The zero-order chi connectivity index (χ0) is 18.8. The first-order valence-corrected chi connectivity index (χ1v) is 9.14. The Morgan fingerprint density at radius 1 is 1.15 bits per heavy atom. The summed E-state index contributed by atoms with van der Waals surface area (Å²) in [7, 11) is 0. The molecule has 0 unspecified atom stereocenters. The number of carbonyl (C=O) groups excluding carboxylic acids is 1. The Hall–Kier alpha value is -2.62. The average Bonchev–Trinajstić information content (AvgIpc) is 2.91. The molecule has 3 aromatic rings. The fraction of sp³-hybridized carbons (Fsp3) is 0.364. The van der Waals surface area contributed by atoms with E-state index in [-0.39, 0.29) is 5.91 Å². The van der Waals surface area contributed by atoms with Crippen molar-refractivity contribution in [2.45, 2.75) is 41.2 Å². The van der Waals surface area contributed by atoms with Crippen molar-refractivity contribution in [2.75, 3.05) is 6.54 Å². The molecule has 1 N–H and O–H groups in total. The minimum absolute atomic E-state index is 0.0567. The lowest BCUT2D eigenvalue weighted by Gasteiger charge is -2.24. The first kappa shape index (κ1) is 18.2. The van der Waals surface area contributed by atoms with Gasteiger partial charge in [0.1, 0.15) is 5.69 Å². The highest BCUT2D eigenvalue weighted by Crippen LogP contribution is 2.27. The molecule has 1 amide bonds. The van der Waals surface area contributed by atoms with Gasteiger partial charge in [0.25, 0.3) is 5.91 Å². The maximum atomic E-state index is 13.4. The van der Waals surface area contributed by atoms with Gasteiger partial charge in [0.15, 0.2) is 0 Å². The third-order valence-corrected chi connectivity index (χ3v) is 4.72. The number of amides is 1. The molecule has 2 aromatic heterocycles. The first-order chi connectivity index (χ1) is 12.4. The molecule has 0 saturated heterocycles. The molecule has 0 bridgehead atoms. The maximum Gasteiger partial charge on any atom is 0.270 e. The lowest BCUT2D eigenvalue weighted by atomic mass is 10.1. The molecule has 26 heavy (non-hydrogen) atoms. The number of nitrogens with one attached hydrogen (secondary N) is 1. The van der Waals surface area contributed by atoms with E-state index >= 15 is 0 Å². The van der Waals surface area contributed by atoms with Crippen LogP contribution in [0.2, 0.25) is 0 Å².